The third-order valence-electron chi connectivity index (χ3n) is 6.69. The van der Waals surface area contributed by atoms with Crippen LogP contribution in [0, 0.1) is 5.92 Å². The molecule has 3 unspecified atom stereocenters. The predicted molar refractivity (Wildman–Crippen MR) is 125 cm³/mol. The highest BCUT2D eigenvalue weighted by atomic mass is 16.5. The summed E-state index contributed by atoms with van der Waals surface area (Å²) in [5.74, 6) is -2.38. The van der Waals surface area contributed by atoms with E-state index in [4.69, 9.17) is 9.47 Å². The number of ether oxygens (including phenoxy) is 2. The third kappa shape index (κ3) is 4.63. The Hall–Kier alpha value is -3.39. The molecule has 2 aromatic carbocycles. The smallest absolute Gasteiger partial charge is 0.408 e. The molecular weight excluding hydrogens is 436 g/mol. The lowest BCUT2D eigenvalue weighted by atomic mass is 9.93. The van der Waals surface area contributed by atoms with Crippen LogP contribution in [0.1, 0.15) is 43.7 Å². The molecule has 34 heavy (non-hydrogen) atoms. The number of aliphatic carboxylic acids is 1. The van der Waals surface area contributed by atoms with Crippen molar-refractivity contribution in [3.63, 3.8) is 0 Å². The Balaban J connectivity index is 1.42. The minimum atomic E-state index is -1.25. The molecule has 1 heterocycles. The van der Waals surface area contributed by atoms with Crippen molar-refractivity contribution >= 4 is 18.0 Å². The number of hydrogen-bond donors (Lipinski definition) is 3. The first kappa shape index (κ1) is 23.8. The predicted octanol–water partition coefficient (Wildman–Crippen LogP) is 3.30. The zero-order valence-corrected chi connectivity index (χ0v) is 19.4. The molecule has 3 atom stereocenters. The van der Waals surface area contributed by atoms with E-state index < -0.39 is 35.5 Å². The van der Waals surface area contributed by atoms with Crippen molar-refractivity contribution in [3.05, 3.63) is 59.7 Å². The fourth-order valence-corrected chi connectivity index (χ4v) is 4.86. The van der Waals surface area contributed by atoms with Crippen LogP contribution in [0.5, 0.6) is 0 Å². The van der Waals surface area contributed by atoms with Gasteiger partial charge < -0.3 is 25.2 Å². The number of alkyl carbamates (subject to hydrolysis) is 1. The quantitative estimate of drug-likeness (QED) is 0.550. The van der Waals surface area contributed by atoms with Gasteiger partial charge in [-0.3, -0.25) is 9.59 Å². The van der Waals surface area contributed by atoms with Crippen molar-refractivity contribution in [3.8, 4) is 11.1 Å². The van der Waals surface area contributed by atoms with Gasteiger partial charge in [0.15, 0.2) is 0 Å². The summed E-state index contributed by atoms with van der Waals surface area (Å²) in [6.45, 7) is 3.84. The molecule has 180 valence electrons. The number of nitrogens with one attached hydrogen (secondary N) is 2. The average molecular weight is 467 g/mol. The van der Waals surface area contributed by atoms with Crippen LogP contribution < -0.4 is 10.6 Å². The van der Waals surface area contributed by atoms with Crippen LogP contribution in [-0.2, 0) is 19.1 Å². The molecule has 0 saturated carbocycles. The van der Waals surface area contributed by atoms with Crippen LogP contribution in [0.3, 0.4) is 0 Å². The first-order chi connectivity index (χ1) is 16.3. The van der Waals surface area contributed by atoms with Gasteiger partial charge in [0.25, 0.3) is 0 Å². The Kier molecular flexibility index (Phi) is 6.88. The molecule has 0 aromatic heterocycles. The molecule has 1 aliphatic heterocycles. The molecule has 2 aliphatic rings. The van der Waals surface area contributed by atoms with E-state index in [2.05, 4.69) is 22.8 Å². The topological polar surface area (TPSA) is 114 Å². The average Bonchev–Trinajstić information content (AvgIpc) is 3.40. The number of fused-ring (bicyclic) bond motifs is 3. The third-order valence-corrected chi connectivity index (χ3v) is 6.69. The highest BCUT2D eigenvalue weighted by Gasteiger charge is 2.41. The van der Waals surface area contributed by atoms with E-state index in [1.165, 1.54) is 0 Å². The molecule has 1 aliphatic carbocycles. The van der Waals surface area contributed by atoms with Gasteiger partial charge in [-0.15, -0.1) is 0 Å². The number of carbonyl (C=O) groups excluding carboxylic acids is 2. The van der Waals surface area contributed by atoms with Crippen LogP contribution >= 0.6 is 0 Å². The second kappa shape index (κ2) is 9.85. The Labute approximate surface area is 198 Å². The maximum Gasteiger partial charge on any atom is 0.408 e. The van der Waals surface area contributed by atoms with E-state index in [0.717, 1.165) is 22.3 Å². The van der Waals surface area contributed by atoms with Crippen LogP contribution in [-0.4, -0.2) is 54.5 Å². The van der Waals surface area contributed by atoms with Crippen molar-refractivity contribution in [2.75, 3.05) is 19.8 Å². The molecule has 2 amide bonds. The molecule has 3 N–H and O–H groups in total. The summed E-state index contributed by atoms with van der Waals surface area (Å²) in [6, 6.07) is 15.5. The summed E-state index contributed by atoms with van der Waals surface area (Å²) >= 11 is 0. The summed E-state index contributed by atoms with van der Waals surface area (Å²) in [6.07, 6.45) is 0.316. The Morgan fingerprint density at radius 2 is 1.68 bits per heavy atom. The molecule has 2 aromatic rings. The second-order valence-corrected chi connectivity index (χ2v) is 9.09. The lowest BCUT2D eigenvalue weighted by Gasteiger charge is -2.31. The highest BCUT2D eigenvalue weighted by Crippen LogP contribution is 2.44. The van der Waals surface area contributed by atoms with Gasteiger partial charge in [-0.1, -0.05) is 61.9 Å². The SMILES string of the molecule is CCCC(C)(NC(=O)OCC1c2ccccc2-c2ccccc21)C(=O)NC1COCC1C(=O)O. The van der Waals surface area contributed by atoms with Gasteiger partial charge in [0.2, 0.25) is 5.91 Å². The fraction of sp³-hybridized carbons (Fsp3) is 0.423. The summed E-state index contributed by atoms with van der Waals surface area (Å²) in [5, 5.41) is 14.8. The van der Waals surface area contributed by atoms with Crippen LogP contribution in [0.4, 0.5) is 4.79 Å². The van der Waals surface area contributed by atoms with Crippen molar-refractivity contribution in [2.45, 2.75) is 44.2 Å². The fourth-order valence-electron chi connectivity index (χ4n) is 4.86. The number of carboxylic acid groups (broad SMARTS) is 1. The van der Waals surface area contributed by atoms with Gasteiger partial charge in [-0.25, -0.2) is 4.79 Å². The lowest BCUT2D eigenvalue weighted by molar-refractivity contribution is -0.142. The maximum atomic E-state index is 13.1. The summed E-state index contributed by atoms with van der Waals surface area (Å²) < 4.78 is 10.8. The van der Waals surface area contributed by atoms with Gasteiger partial charge in [-0.05, 0) is 35.6 Å². The molecule has 1 fully saturated rings. The monoisotopic (exact) mass is 466 g/mol. The van der Waals surface area contributed by atoms with Crippen molar-refractivity contribution in [1.29, 1.82) is 0 Å². The van der Waals surface area contributed by atoms with Crippen LogP contribution in [0.15, 0.2) is 48.5 Å². The van der Waals surface area contributed by atoms with E-state index in [-0.39, 0.29) is 25.7 Å². The highest BCUT2D eigenvalue weighted by molar-refractivity contribution is 5.90. The molecule has 4 rings (SSSR count). The number of carboxylic acids is 1. The minimum absolute atomic E-state index is 0.0462. The van der Waals surface area contributed by atoms with Gasteiger partial charge >= 0.3 is 12.1 Å². The number of rotatable bonds is 8. The van der Waals surface area contributed by atoms with E-state index in [9.17, 15) is 19.5 Å². The van der Waals surface area contributed by atoms with Crippen LogP contribution in [0.25, 0.3) is 11.1 Å². The van der Waals surface area contributed by atoms with Gasteiger partial charge in [-0.2, -0.15) is 0 Å². The lowest BCUT2D eigenvalue weighted by Crippen LogP contribution is -2.59. The summed E-state index contributed by atoms with van der Waals surface area (Å²) in [7, 11) is 0. The number of amides is 2. The minimum Gasteiger partial charge on any atom is -0.481 e. The Morgan fingerprint density at radius 1 is 1.06 bits per heavy atom. The normalized spacial score (nSPS) is 20.6. The first-order valence-corrected chi connectivity index (χ1v) is 11.6. The van der Waals surface area contributed by atoms with E-state index in [0.29, 0.717) is 12.8 Å². The molecule has 8 heteroatoms. The molecule has 0 bridgehead atoms. The van der Waals surface area contributed by atoms with Gasteiger partial charge in [0.1, 0.15) is 18.1 Å². The van der Waals surface area contributed by atoms with E-state index in [1.807, 2.05) is 43.3 Å². The Bertz CT molecular complexity index is 1040. The van der Waals surface area contributed by atoms with Crippen molar-refractivity contribution < 1.29 is 29.0 Å². The zero-order valence-electron chi connectivity index (χ0n) is 19.4. The van der Waals surface area contributed by atoms with Gasteiger partial charge in [0.05, 0.1) is 19.3 Å². The standard InChI is InChI=1S/C26H30N2O6/c1-3-12-26(2,24(31)27-22-15-33-13-21(22)23(29)30)28-25(32)34-14-20-18-10-6-4-8-16(18)17-9-5-7-11-19(17)20/h4-11,20-22H,3,12-15H2,1-2H3,(H,27,31)(H,28,32)(H,29,30). The number of carbonyl (C=O) groups is 3. The second-order valence-electron chi connectivity index (χ2n) is 9.09. The zero-order chi connectivity index (χ0) is 24.3. The molecule has 0 spiro atoms. The number of benzene rings is 2. The molecular formula is C26H30N2O6. The van der Waals surface area contributed by atoms with E-state index in [1.54, 1.807) is 6.92 Å². The van der Waals surface area contributed by atoms with E-state index >= 15 is 0 Å². The molecule has 1 saturated heterocycles. The molecule has 8 nitrogen and oxygen atoms in total. The van der Waals surface area contributed by atoms with Gasteiger partial charge in [0, 0.05) is 5.92 Å². The summed E-state index contributed by atoms with van der Waals surface area (Å²) in [5.41, 5.74) is 3.23. The van der Waals surface area contributed by atoms with Crippen LogP contribution in [0.2, 0.25) is 0 Å². The largest absolute Gasteiger partial charge is 0.481 e. The Morgan fingerprint density at radius 3 is 2.26 bits per heavy atom. The number of hydrogen-bond acceptors (Lipinski definition) is 5. The first-order valence-electron chi connectivity index (χ1n) is 11.6. The van der Waals surface area contributed by atoms with Crippen molar-refractivity contribution in [1.82, 2.24) is 10.6 Å². The van der Waals surface area contributed by atoms with Crippen molar-refractivity contribution in [2.24, 2.45) is 5.92 Å². The molecule has 0 radical (unpaired) electrons. The summed E-state index contributed by atoms with van der Waals surface area (Å²) in [4.78, 5) is 37.3. The maximum absolute atomic E-state index is 13.1.